The van der Waals surface area contributed by atoms with Crippen molar-refractivity contribution >= 4 is 5.91 Å². The molecule has 0 bridgehead atoms. The molecule has 1 atom stereocenters. The zero-order valence-corrected chi connectivity index (χ0v) is 12.4. The third-order valence-corrected chi connectivity index (χ3v) is 4.22. The molecule has 3 rings (SSSR count). The largest absolute Gasteiger partial charge is 0.454 e. The van der Waals surface area contributed by atoms with Crippen molar-refractivity contribution < 1.29 is 14.3 Å². The zero-order valence-electron chi connectivity index (χ0n) is 12.4. The van der Waals surface area contributed by atoms with Crippen LogP contribution in [0.25, 0.3) is 0 Å². The van der Waals surface area contributed by atoms with Crippen molar-refractivity contribution in [2.45, 2.75) is 38.8 Å². The van der Waals surface area contributed by atoms with Gasteiger partial charge in [0.25, 0.3) is 0 Å². The van der Waals surface area contributed by atoms with Crippen molar-refractivity contribution in [1.29, 1.82) is 0 Å². The SMILES string of the molecule is CC(C(=O)NCc1ccc2c(c1)OCO2)N1CCCCC1. The Labute approximate surface area is 125 Å². The van der Waals surface area contributed by atoms with Crippen molar-refractivity contribution in [2.24, 2.45) is 0 Å². The summed E-state index contributed by atoms with van der Waals surface area (Å²) in [6.07, 6.45) is 3.67. The summed E-state index contributed by atoms with van der Waals surface area (Å²) in [7, 11) is 0. The standard InChI is InChI=1S/C16H22N2O3/c1-12(18-7-3-2-4-8-18)16(19)17-10-13-5-6-14-15(9-13)21-11-20-14/h5-6,9,12H,2-4,7-8,10-11H2,1H3,(H,17,19). The monoisotopic (exact) mass is 290 g/mol. The van der Waals surface area contributed by atoms with Crippen LogP contribution in [0.1, 0.15) is 31.7 Å². The smallest absolute Gasteiger partial charge is 0.237 e. The molecule has 2 aliphatic rings. The van der Waals surface area contributed by atoms with E-state index in [4.69, 9.17) is 9.47 Å². The second kappa shape index (κ2) is 6.35. The second-order valence-electron chi connectivity index (χ2n) is 5.68. The molecule has 1 N–H and O–H groups in total. The van der Waals surface area contributed by atoms with E-state index in [1.54, 1.807) is 0 Å². The average Bonchev–Trinajstić information content (AvgIpc) is 3.00. The van der Waals surface area contributed by atoms with Gasteiger partial charge in [-0.05, 0) is 50.6 Å². The summed E-state index contributed by atoms with van der Waals surface area (Å²) in [5.41, 5.74) is 1.03. The highest BCUT2D eigenvalue weighted by Gasteiger charge is 2.22. The lowest BCUT2D eigenvalue weighted by molar-refractivity contribution is -0.126. The topological polar surface area (TPSA) is 50.8 Å². The summed E-state index contributed by atoms with van der Waals surface area (Å²) in [4.78, 5) is 14.5. The fourth-order valence-electron chi connectivity index (χ4n) is 2.86. The fraction of sp³-hybridized carbons (Fsp3) is 0.562. The van der Waals surface area contributed by atoms with Gasteiger partial charge in [-0.15, -0.1) is 0 Å². The van der Waals surface area contributed by atoms with E-state index in [0.29, 0.717) is 6.54 Å². The number of likely N-dealkylation sites (tertiary alicyclic amines) is 1. The first-order valence-electron chi connectivity index (χ1n) is 7.64. The number of rotatable bonds is 4. The molecule has 0 spiro atoms. The molecule has 2 heterocycles. The average molecular weight is 290 g/mol. The van der Waals surface area contributed by atoms with Gasteiger partial charge in [0, 0.05) is 6.54 Å². The summed E-state index contributed by atoms with van der Waals surface area (Å²) < 4.78 is 10.6. The maximum Gasteiger partial charge on any atom is 0.237 e. The molecule has 0 aliphatic carbocycles. The number of carbonyl (C=O) groups excluding carboxylic acids is 1. The Kier molecular flexibility index (Phi) is 4.29. The molecule has 1 saturated heterocycles. The summed E-state index contributed by atoms with van der Waals surface area (Å²) in [5, 5.41) is 3.01. The van der Waals surface area contributed by atoms with Gasteiger partial charge >= 0.3 is 0 Å². The lowest BCUT2D eigenvalue weighted by atomic mass is 10.1. The predicted octanol–water partition coefficient (Wildman–Crippen LogP) is 1.91. The third kappa shape index (κ3) is 3.29. The van der Waals surface area contributed by atoms with E-state index >= 15 is 0 Å². The first kappa shape index (κ1) is 14.2. The van der Waals surface area contributed by atoms with Crippen molar-refractivity contribution in [3.8, 4) is 11.5 Å². The van der Waals surface area contributed by atoms with Gasteiger partial charge in [-0.3, -0.25) is 9.69 Å². The Morgan fingerprint density at radius 2 is 2.00 bits per heavy atom. The molecule has 0 saturated carbocycles. The van der Waals surface area contributed by atoms with Gasteiger partial charge in [-0.1, -0.05) is 12.5 Å². The molecule has 0 radical (unpaired) electrons. The highest BCUT2D eigenvalue weighted by molar-refractivity contribution is 5.81. The van der Waals surface area contributed by atoms with E-state index in [0.717, 1.165) is 30.2 Å². The van der Waals surface area contributed by atoms with Crippen LogP contribution in [-0.2, 0) is 11.3 Å². The molecule has 5 nitrogen and oxygen atoms in total. The van der Waals surface area contributed by atoms with Gasteiger partial charge in [-0.25, -0.2) is 0 Å². The van der Waals surface area contributed by atoms with Crippen molar-refractivity contribution in [3.63, 3.8) is 0 Å². The highest BCUT2D eigenvalue weighted by Crippen LogP contribution is 2.32. The maximum atomic E-state index is 12.2. The van der Waals surface area contributed by atoms with E-state index in [-0.39, 0.29) is 18.7 Å². The van der Waals surface area contributed by atoms with Gasteiger partial charge < -0.3 is 14.8 Å². The fourth-order valence-corrected chi connectivity index (χ4v) is 2.86. The van der Waals surface area contributed by atoms with Crippen molar-refractivity contribution in [2.75, 3.05) is 19.9 Å². The van der Waals surface area contributed by atoms with Gasteiger partial charge in [0.05, 0.1) is 6.04 Å². The minimum absolute atomic E-state index is 0.0562. The Morgan fingerprint density at radius 1 is 1.24 bits per heavy atom. The molecule has 1 aromatic carbocycles. The number of fused-ring (bicyclic) bond motifs is 1. The van der Waals surface area contributed by atoms with Gasteiger partial charge in [0.1, 0.15) is 0 Å². The number of amides is 1. The number of benzene rings is 1. The third-order valence-electron chi connectivity index (χ3n) is 4.22. The number of ether oxygens (including phenoxy) is 2. The summed E-state index contributed by atoms with van der Waals surface area (Å²) >= 11 is 0. The van der Waals surface area contributed by atoms with Crippen LogP contribution in [0.15, 0.2) is 18.2 Å². The molecular weight excluding hydrogens is 268 g/mol. The van der Waals surface area contributed by atoms with Crippen LogP contribution in [0, 0.1) is 0 Å². The van der Waals surface area contributed by atoms with Gasteiger partial charge in [0.2, 0.25) is 12.7 Å². The van der Waals surface area contributed by atoms with E-state index in [2.05, 4.69) is 10.2 Å². The van der Waals surface area contributed by atoms with Crippen LogP contribution in [-0.4, -0.2) is 36.7 Å². The van der Waals surface area contributed by atoms with E-state index in [1.807, 2.05) is 25.1 Å². The molecule has 1 aromatic rings. The van der Waals surface area contributed by atoms with E-state index in [1.165, 1.54) is 19.3 Å². The quantitative estimate of drug-likeness (QED) is 0.920. The first-order chi connectivity index (χ1) is 10.2. The minimum Gasteiger partial charge on any atom is -0.454 e. The Morgan fingerprint density at radius 3 is 2.81 bits per heavy atom. The summed E-state index contributed by atoms with van der Waals surface area (Å²) in [6.45, 7) is 4.84. The summed E-state index contributed by atoms with van der Waals surface area (Å²) in [5.74, 6) is 1.62. The van der Waals surface area contributed by atoms with Crippen LogP contribution in [0.5, 0.6) is 11.5 Å². The molecule has 2 aliphatic heterocycles. The highest BCUT2D eigenvalue weighted by atomic mass is 16.7. The summed E-state index contributed by atoms with van der Waals surface area (Å²) in [6, 6.07) is 5.71. The predicted molar refractivity (Wildman–Crippen MR) is 79.3 cm³/mol. The molecular formula is C16H22N2O3. The van der Waals surface area contributed by atoms with Crippen molar-refractivity contribution in [1.82, 2.24) is 10.2 Å². The lowest BCUT2D eigenvalue weighted by Gasteiger charge is -2.31. The normalized spacial score (nSPS) is 19.3. The van der Waals surface area contributed by atoms with E-state index in [9.17, 15) is 4.79 Å². The van der Waals surface area contributed by atoms with Crippen LogP contribution in [0.2, 0.25) is 0 Å². The molecule has 1 amide bonds. The Hall–Kier alpha value is -1.75. The zero-order chi connectivity index (χ0) is 14.7. The van der Waals surface area contributed by atoms with Crippen LogP contribution in [0.3, 0.4) is 0 Å². The molecule has 1 fully saturated rings. The number of nitrogens with one attached hydrogen (secondary N) is 1. The Bertz CT molecular complexity index is 512. The number of nitrogens with zero attached hydrogens (tertiary/aromatic N) is 1. The number of carbonyl (C=O) groups is 1. The molecule has 5 heteroatoms. The molecule has 21 heavy (non-hydrogen) atoms. The first-order valence-corrected chi connectivity index (χ1v) is 7.64. The number of hydrogen-bond acceptors (Lipinski definition) is 4. The van der Waals surface area contributed by atoms with Gasteiger partial charge in [0.15, 0.2) is 11.5 Å². The van der Waals surface area contributed by atoms with Gasteiger partial charge in [-0.2, -0.15) is 0 Å². The number of hydrogen-bond donors (Lipinski definition) is 1. The molecule has 0 aromatic heterocycles. The minimum atomic E-state index is -0.0562. The second-order valence-corrected chi connectivity index (χ2v) is 5.68. The Balaban J connectivity index is 1.53. The maximum absolute atomic E-state index is 12.2. The van der Waals surface area contributed by atoms with Crippen LogP contribution in [0.4, 0.5) is 0 Å². The molecule has 1 unspecified atom stereocenters. The van der Waals surface area contributed by atoms with E-state index < -0.39 is 0 Å². The van der Waals surface area contributed by atoms with Crippen molar-refractivity contribution in [3.05, 3.63) is 23.8 Å². The molecule has 114 valence electrons. The van der Waals surface area contributed by atoms with Crippen LogP contribution >= 0.6 is 0 Å². The number of piperidine rings is 1. The lowest BCUT2D eigenvalue weighted by Crippen LogP contribution is -2.46. The van der Waals surface area contributed by atoms with Crippen LogP contribution < -0.4 is 14.8 Å².